The Kier molecular flexibility index (Phi) is 6.11. The first-order valence-electron chi connectivity index (χ1n) is 5.95. The molecule has 0 spiro atoms. The first kappa shape index (κ1) is 13.2. The summed E-state index contributed by atoms with van der Waals surface area (Å²) in [6.45, 7) is 7.41. The van der Waals surface area contributed by atoms with Gasteiger partial charge in [0.1, 0.15) is 0 Å². The fourth-order valence-electron chi connectivity index (χ4n) is 1.82. The zero-order chi connectivity index (χ0) is 11.8. The molecule has 0 aromatic heterocycles. The van der Waals surface area contributed by atoms with Crippen molar-refractivity contribution in [3.63, 3.8) is 0 Å². The lowest BCUT2D eigenvalue weighted by Gasteiger charge is -2.17. The van der Waals surface area contributed by atoms with E-state index in [2.05, 4.69) is 24.1 Å². The van der Waals surface area contributed by atoms with Crippen LogP contribution in [0.25, 0.3) is 0 Å². The second-order valence-corrected chi connectivity index (χ2v) is 4.25. The van der Waals surface area contributed by atoms with E-state index in [1.165, 1.54) is 0 Å². The van der Waals surface area contributed by atoms with E-state index < -0.39 is 0 Å². The number of hydrogen-bond acceptors (Lipinski definition) is 3. The quantitative estimate of drug-likeness (QED) is 0.632. The molecule has 0 radical (unpaired) electrons. The lowest BCUT2D eigenvalue weighted by molar-refractivity contribution is -0.120. The predicted molar refractivity (Wildman–Crippen MR) is 64.3 cm³/mol. The Hall–Kier alpha value is -0.870. The van der Waals surface area contributed by atoms with Gasteiger partial charge < -0.3 is 15.4 Å². The third-order valence-electron chi connectivity index (χ3n) is 2.70. The average Bonchev–Trinajstić information content (AvgIpc) is 2.76. The molecular weight excluding hydrogens is 204 g/mol. The molecule has 1 aliphatic rings. The van der Waals surface area contributed by atoms with Crippen molar-refractivity contribution in [3.05, 3.63) is 12.7 Å². The first-order chi connectivity index (χ1) is 7.72. The van der Waals surface area contributed by atoms with Gasteiger partial charge in [-0.1, -0.05) is 6.08 Å². The van der Waals surface area contributed by atoms with Crippen LogP contribution in [0, 0.1) is 0 Å². The SMILES string of the molecule is C=CCNC(=O)CNC(C)CC1CCCO1. The lowest BCUT2D eigenvalue weighted by Crippen LogP contribution is -2.39. The van der Waals surface area contributed by atoms with Crippen LogP contribution in [-0.2, 0) is 9.53 Å². The lowest BCUT2D eigenvalue weighted by atomic mass is 10.1. The molecule has 0 aromatic carbocycles. The molecule has 1 fully saturated rings. The van der Waals surface area contributed by atoms with E-state index >= 15 is 0 Å². The molecule has 1 amide bonds. The Morgan fingerprint density at radius 1 is 1.69 bits per heavy atom. The maximum Gasteiger partial charge on any atom is 0.234 e. The Labute approximate surface area is 97.4 Å². The largest absolute Gasteiger partial charge is 0.378 e. The molecule has 0 saturated carbocycles. The van der Waals surface area contributed by atoms with Crippen molar-refractivity contribution >= 4 is 5.91 Å². The number of carbonyl (C=O) groups is 1. The van der Waals surface area contributed by atoms with E-state index in [1.54, 1.807) is 6.08 Å². The molecule has 4 nitrogen and oxygen atoms in total. The molecule has 1 saturated heterocycles. The zero-order valence-corrected chi connectivity index (χ0v) is 10.00. The minimum absolute atomic E-state index is 0.0130. The summed E-state index contributed by atoms with van der Waals surface area (Å²) >= 11 is 0. The summed E-state index contributed by atoms with van der Waals surface area (Å²) in [7, 11) is 0. The van der Waals surface area contributed by atoms with Gasteiger partial charge in [0.25, 0.3) is 0 Å². The van der Waals surface area contributed by atoms with Crippen LogP contribution in [-0.4, -0.2) is 37.7 Å². The highest BCUT2D eigenvalue weighted by molar-refractivity contribution is 5.78. The van der Waals surface area contributed by atoms with Crippen molar-refractivity contribution in [1.29, 1.82) is 0 Å². The molecule has 0 aromatic rings. The van der Waals surface area contributed by atoms with Crippen LogP contribution in [0.5, 0.6) is 0 Å². The standard InChI is InChI=1S/C12H22N2O2/c1-3-6-13-12(15)9-14-10(2)8-11-5-4-7-16-11/h3,10-11,14H,1,4-9H2,2H3,(H,13,15). The molecule has 2 unspecified atom stereocenters. The van der Waals surface area contributed by atoms with Gasteiger partial charge in [-0.15, -0.1) is 6.58 Å². The second kappa shape index (κ2) is 7.41. The van der Waals surface area contributed by atoms with Crippen molar-refractivity contribution in [2.24, 2.45) is 0 Å². The van der Waals surface area contributed by atoms with Gasteiger partial charge in [0.2, 0.25) is 5.91 Å². The highest BCUT2D eigenvalue weighted by Crippen LogP contribution is 2.16. The molecule has 2 atom stereocenters. The van der Waals surface area contributed by atoms with Gasteiger partial charge in [-0.3, -0.25) is 4.79 Å². The summed E-state index contributed by atoms with van der Waals surface area (Å²) in [6.07, 6.45) is 5.34. The summed E-state index contributed by atoms with van der Waals surface area (Å²) in [5, 5.41) is 5.92. The maximum atomic E-state index is 11.3. The van der Waals surface area contributed by atoms with E-state index in [4.69, 9.17) is 4.74 Å². The minimum Gasteiger partial charge on any atom is -0.378 e. The van der Waals surface area contributed by atoms with Crippen molar-refractivity contribution in [2.75, 3.05) is 19.7 Å². The van der Waals surface area contributed by atoms with Crippen LogP contribution in [0.4, 0.5) is 0 Å². The molecule has 2 N–H and O–H groups in total. The highest BCUT2D eigenvalue weighted by atomic mass is 16.5. The van der Waals surface area contributed by atoms with Crippen LogP contribution in [0.15, 0.2) is 12.7 Å². The number of hydrogen-bond donors (Lipinski definition) is 2. The van der Waals surface area contributed by atoms with Gasteiger partial charge in [0, 0.05) is 19.2 Å². The summed E-state index contributed by atoms with van der Waals surface area (Å²) < 4.78 is 5.54. The second-order valence-electron chi connectivity index (χ2n) is 4.25. The van der Waals surface area contributed by atoms with E-state index in [0.29, 0.717) is 25.2 Å². The monoisotopic (exact) mass is 226 g/mol. The fourth-order valence-corrected chi connectivity index (χ4v) is 1.82. The first-order valence-corrected chi connectivity index (χ1v) is 5.95. The Morgan fingerprint density at radius 3 is 3.12 bits per heavy atom. The molecule has 4 heteroatoms. The van der Waals surface area contributed by atoms with E-state index in [9.17, 15) is 4.79 Å². The molecule has 1 heterocycles. The van der Waals surface area contributed by atoms with Crippen molar-refractivity contribution in [1.82, 2.24) is 10.6 Å². The fraction of sp³-hybridized carbons (Fsp3) is 0.750. The zero-order valence-electron chi connectivity index (χ0n) is 10.00. The summed E-state index contributed by atoms with van der Waals surface area (Å²) in [5.41, 5.74) is 0. The van der Waals surface area contributed by atoms with E-state index in [-0.39, 0.29) is 5.91 Å². The van der Waals surface area contributed by atoms with Crippen molar-refractivity contribution in [2.45, 2.75) is 38.3 Å². The summed E-state index contributed by atoms with van der Waals surface area (Å²) in [6, 6.07) is 0.317. The van der Waals surface area contributed by atoms with Gasteiger partial charge in [-0.2, -0.15) is 0 Å². The number of ether oxygens (including phenoxy) is 1. The van der Waals surface area contributed by atoms with Gasteiger partial charge in [0.15, 0.2) is 0 Å². The van der Waals surface area contributed by atoms with Crippen LogP contribution < -0.4 is 10.6 Å². The third kappa shape index (κ3) is 5.28. The molecule has 1 aliphatic heterocycles. The summed E-state index contributed by atoms with van der Waals surface area (Å²) in [4.78, 5) is 11.3. The van der Waals surface area contributed by atoms with Gasteiger partial charge in [0.05, 0.1) is 12.6 Å². The van der Waals surface area contributed by atoms with Gasteiger partial charge in [-0.05, 0) is 26.2 Å². The van der Waals surface area contributed by atoms with Gasteiger partial charge >= 0.3 is 0 Å². The average molecular weight is 226 g/mol. The smallest absolute Gasteiger partial charge is 0.234 e. The van der Waals surface area contributed by atoms with Crippen LogP contribution in [0.3, 0.4) is 0 Å². The normalized spacial score (nSPS) is 21.7. The Balaban J connectivity index is 2.06. The van der Waals surface area contributed by atoms with Crippen LogP contribution in [0.2, 0.25) is 0 Å². The van der Waals surface area contributed by atoms with Crippen LogP contribution in [0.1, 0.15) is 26.2 Å². The number of rotatable bonds is 7. The van der Waals surface area contributed by atoms with E-state index in [0.717, 1.165) is 25.9 Å². The van der Waals surface area contributed by atoms with E-state index in [1.807, 2.05) is 0 Å². The summed E-state index contributed by atoms with van der Waals surface area (Å²) in [5.74, 6) is 0.0130. The highest BCUT2D eigenvalue weighted by Gasteiger charge is 2.18. The Bertz CT molecular complexity index is 225. The maximum absolute atomic E-state index is 11.3. The number of nitrogens with one attached hydrogen (secondary N) is 2. The number of amides is 1. The molecule has 0 aliphatic carbocycles. The topological polar surface area (TPSA) is 50.4 Å². The third-order valence-corrected chi connectivity index (χ3v) is 2.70. The molecule has 0 bridgehead atoms. The van der Waals surface area contributed by atoms with Gasteiger partial charge in [-0.25, -0.2) is 0 Å². The molecule has 16 heavy (non-hydrogen) atoms. The molecular formula is C12H22N2O2. The predicted octanol–water partition coefficient (Wildman–Crippen LogP) is 0.836. The Morgan fingerprint density at radius 2 is 2.50 bits per heavy atom. The van der Waals surface area contributed by atoms with Crippen molar-refractivity contribution < 1.29 is 9.53 Å². The van der Waals surface area contributed by atoms with Crippen LogP contribution >= 0.6 is 0 Å². The molecule has 1 rings (SSSR count). The number of carbonyl (C=O) groups excluding carboxylic acids is 1. The minimum atomic E-state index is 0.0130. The molecule has 92 valence electrons. The van der Waals surface area contributed by atoms with Crippen molar-refractivity contribution in [3.8, 4) is 0 Å².